The molecule has 0 radical (unpaired) electrons. The minimum atomic E-state index is -0.641. The van der Waals surface area contributed by atoms with E-state index in [1.165, 1.54) is 5.56 Å². The third-order valence-electron chi connectivity index (χ3n) is 7.35. The molecule has 2 heterocycles. The van der Waals surface area contributed by atoms with Crippen LogP contribution in [0, 0.1) is 0 Å². The first-order valence-electron chi connectivity index (χ1n) is 13.0. The molecule has 0 aromatic heterocycles. The van der Waals surface area contributed by atoms with E-state index in [1.54, 1.807) is 11.0 Å². The Labute approximate surface area is 214 Å². The molecule has 0 saturated carbocycles. The van der Waals surface area contributed by atoms with Gasteiger partial charge in [0.05, 0.1) is 11.6 Å². The highest BCUT2D eigenvalue weighted by molar-refractivity contribution is 6.46. The van der Waals surface area contributed by atoms with Crippen molar-refractivity contribution in [2.24, 2.45) is 0 Å². The molecule has 2 aromatic rings. The quantitative estimate of drug-likeness (QED) is 0.333. The number of ether oxygens (including phenoxy) is 1. The Morgan fingerprint density at radius 3 is 2.36 bits per heavy atom. The highest BCUT2D eigenvalue weighted by Gasteiger charge is 2.46. The fourth-order valence-corrected chi connectivity index (χ4v) is 5.14. The Balaban J connectivity index is 1.79. The molecular weight excluding hydrogens is 452 g/mol. The van der Waals surface area contributed by atoms with E-state index in [2.05, 4.69) is 39.5 Å². The van der Waals surface area contributed by atoms with Gasteiger partial charge in [0.25, 0.3) is 11.7 Å². The van der Waals surface area contributed by atoms with Crippen LogP contribution in [0.5, 0.6) is 5.75 Å². The van der Waals surface area contributed by atoms with Gasteiger partial charge >= 0.3 is 0 Å². The number of hydrogen-bond acceptors (Lipinski definition) is 5. The SMILES string of the molecule is CCN(CC)CCN1C(=O)C(=O)/C(=C(\O)c2ccc3c(c2)CC(C)O3)C1c1ccc(C(C)(C)C)cc1. The molecule has 2 aliphatic rings. The van der Waals surface area contributed by atoms with Crippen molar-refractivity contribution in [3.63, 3.8) is 0 Å². The molecule has 1 amide bonds. The van der Waals surface area contributed by atoms with Crippen LogP contribution < -0.4 is 4.74 Å². The number of carbonyl (C=O) groups is 2. The molecule has 2 aliphatic heterocycles. The van der Waals surface area contributed by atoms with Gasteiger partial charge in [-0.15, -0.1) is 0 Å². The third-order valence-corrected chi connectivity index (χ3v) is 7.35. The summed E-state index contributed by atoms with van der Waals surface area (Å²) in [5.41, 5.74) is 3.64. The highest BCUT2D eigenvalue weighted by Crippen LogP contribution is 2.41. The Bertz CT molecular complexity index is 1170. The number of carbonyl (C=O) groups excluding carboxylic acids is 2. The number of nitrogens with zero attached hydrogens (tertiary/aromatic N) is 2. The molecule has 0 bridgehead atoms. The van der Waals surface area contributed by atoms with Gasteiger partial charge in [-0.1, -0.05) is 58.9 Å². The Kier molecular flexibility index (Phi) is 7.28. The average Bonchev–Trinajstić information content (AvgIpc) is 3.34. The summed E-state index contributed by atoms with van der Waals surface area (Å²) < 4.78 is 5.80. The Morgan fingerprint density at radius 2 is 1.75 bits per heavy atom. The first-order valence-corrected chi connectivity index (χ1v) is 13.0. The lowest BCUT2D eigenvalue weighted by atomic mass is 9.85. The molecule has 192 valence electrons. The number of aliphatic hydroxyl groups excluding tert-OH is 1. The zero-order valence-electron chi connectivity index (χ0n) is 22.3. The number of likely N-dealkylation sites (tertiary alicyclic amines) is 1. The zero-order chi connectivity index (χ0) is 26.2. The summed E-state index contributed by atoms with van der Waals surface area (Å²) in [6, 6.07) is 12.9. The van der Waals surface area contributed by atoms with Crippen LogP contribution in [0.4, 0.5) is 0 Å². The van der Waals surface area contributed by atoms with Crippen molar-refractivity contribution in [3.8, 4) is 5.75 Å². The van der Waals surface area contributed by atoms with Gasteiger partial charge in [-0.25, -0.2) is 0 Å². The normalized spacial score (nSPS) is 21.2. The number of hydrogen-bond donors (Lipinski definition) is 1. The van der Waals surface area contributed by atoms with Crippen molar-refractivity contribution in [1.82, 2.24) is 9.80 Å². The van der Waals surface area contributed by atoms with Crippen LogP contribution >= 0.6 is 0 Å². The maximum atomic E-state index is 13.4. The van der Waals surface area contributed by atoms with Crippen molar-refractivity contribution in [2.45, 2.75) is 65.5 Å². The lowest BCUT2D eigenvalue weighted by Crippen LogP contribution is -2.38. The van der Waals surface area contributed by atoms with E-state index < -0.39 is 17.7 Å². The standard InChI is InChI=1S/C30H38N2O4/c1-7-31(8-2)15-16-32-26(20-9-12-23(13-10-20)30(4,5)6)25(28(34)29(32)35)27(33)21-11-14-24-22(18-21)17-19(3)36-24/h9-14,18-19,26,33H,7-8,15-17H2,1-6H3/b27-25-. The van der Waals surface area contributed by atoms with Crippen molar-refractivity contribution in [3.05, 3.63) is 70.3 Å². The first-order chi connectivity index (χ1) is 17.0. The van der Waals surface area contributed by atoms with Gasteiger partial charge in [-0.3, -0.25) is 9.59 Å². The number of Topliss-reactive ketones (excluding diaryl/α,β-unsaturated/α-hetero) is 1. The minimum Gasteiger partial charge on any atom is -0.507 e. The molecule has 6 heteroatoms. The lowest BCUT2D eigenvalue weighted by molar-refractivity contribution is -0.140. The number of benzene rings is 2. The molecule has 4 rings (SSSR count). The van der Waals surface area contributed by atoms with Gasteiger partial charge in [-0.2, -0.15) is 0 Å². The van der Waals surface area contributed by atoms with Crippen LogP contribution in [0.1, 0.15) is 69.8 Å². The fourth-order valence-electron chi connectivity index (χ4n) is 5.14. The number of likely N-dealkylation sites (N-methyl/N-ethyl adjacent to an activating group) is 1. The summed E-state index contributed by atoms with van der Waals surface area (Å²) in [6.45, 7) is 15.4. The molecule has 2 unspecified atom stereocenters. The number of amides is 1. The predicted octanol–water partition coefficient (Wildman–Crippen LogP) is 5.07. The van der Waals surface area contributed by atoms with E-state index in [9.17, 15) is 14.7 Å². The van der Waals surface area contributed by atoms with E-state index in [4.69, 9.17) is 4.74 Å². The van der Waals surface area contributed by atoms with Crippen LogP contribution in [0.3, 0.4) is 0 Å². The fraction of sp³-hybridized carbons (Fsp3) is 0.467. The van der Waals surface area contributed by atoms with Gasteiger partial charge < -0.3 is 19.6 Å². The van der Waals surface area contributed by atoms with Crippen LogP contribution in [0.2, 0.25) is 0 Å². The van der Waals surface area contributed by atoms with Crippen molar-refractivity contribution in [2.75, 3.05) is 26.2 Å². The van der Waals surface area contributed by atoms with E-state index in [0.717, 1.165) is 36.4 Å². The summed E-state index contributed by atoms with van der Waals surface area (Å²) in [5.74, 6) is -0.534. The summed E-state index contributed by atoms with van der Waals surface area (Å²) in [4.78, 5) is 30.5. The van der Waals surface area contributed by atoms with Crippen LogP contribution in [-0.4, -0.2) is 58.9 Å². The van der Waals surface area contributed by atoms with Gasteiger partial charge in [0, 0.05) is 25.1 Å². The van der Waals surface area contributed by atoms with Crippen LogP contribution in [0.15, 0.2) is 48.0 Å². The highest BCUT2D eigenvalue weighted by atomic mass is 16.5. The summed E-state index contributed by atoms with van der Waals surface area (Å²) in [5, 5.41) is 11.4. The average molecular weight is 491 g/mol. The second-order valence-corrected chi connectivity index (χ2v) is 10.8. The number of ketones is 1. The molecule has 1 saturated heterocycles. The Morgan fingerprint density at radius 1 is 1.08 bits per heavy atom. The third kappa shape index (κ3) is 4.92. The van der Waals surface area contributed by atoms with Crippen molar-refractivity contribution in [1.29, 1.82) is 0 Å². The van der Waals surface area contributed by atoms with Crippen molar-refractivity contribution < 1.29 is 19.4 Å². The molecule has 1 fully saturated rings. The number of fused-ring (bicyclic) bond motifs is 1. The van der Waals surface area contributed by atoms with Crippen LogP contribution in [-0.2, 0) is 21.4 Å². The van der Waals surface area contributed by atoms with E-state index in [0.29, 0.717) is 18.7 Å². The van der Waals surface area contributed by atoms with Gasteiger partial charge in [0.15, 0.2) is 0 Å². The summed E-state index contributed by atoms with van der Waals surface area (Å²) >= 11 is 0. The number of aliphatic hydroxyl groups is 1. The Hall–Kier alpha value is -3.12. The largest absolute Gasteiger partial charge is 0.507 e. The molecule has 36 heavy (non-hydrogen) atoms. The maximum Gasteiger partial charge on any atom is 0.295 e. The second-order valence-electron chi connectivity index (χ2n) is 10.8. The molecular formula is C30H38N2O4. The monoisotopic (exact) mass is 490 g/mol. The smallest absolute Gasteiger partial charge is 0.295 e. The predicted molar refractivity (Wildman–Crippen MR) is 142 cm³/mol. The molecule has 6 nitrogen and oxygen atoms in total. The first kappa shape index (κ1) is 26.0. The molecule has 0 spiro atoms. The van der Waals surface area contributed by atoms with Crippen LogP contribution in [0.25, 0.3) is 5.76 Å². The lowest BCUT2D eigenvalue weighted by Gasteiger charge is -2.28. The second kappa shape index (κ2) is 10.1. The molecule has 2 atom stereocenters. The number of rotatable bonds is 7. The van der Waals surface area contributed by atoms with E-state index in [-0.39, 0.29) is 22.9 Å². The minimum absolute atomic E-state index is 0.0211. The van der Waals surface area contributed by atoms with E-state index >= 15 is 0 Å². The maximum absolute atomic E-state index is 13.4. The molecule has 0 aliphatic carbocycles. The van der Waals surface area contributed by atoms with Gasteiger partial charge in [0.2, 0.25) is 0 Å². The van der Waals surface area contributed by atoms with E-state index in [1.807, 2.05) is 43.3 Å². The molecule has 2 aromatic carbocycles. The molecule has 1 N–H and O–H groups in total. The zero-order valence-corrected chi connectivity index (χ0v) is 22.3. The summed E-state index contributed by atoms with van der Waals surface area (Å²) in [7, 11) is 0. The van der Waals surface area contributed by atoms with Crippen molar-refractivity contribution >= 4 is 17.4 Å². The summed E-state index contributed by atoms with van der Waals surface area (Å²) in [6.07, 6.45) is 0.816. The van der Waals surface area contributed by atoms with Gasteiger partial charge in [0.1, 0.15) is 17.6 Å². The topological polar surface area (TPSA) is 70.1 Å². The van der Waals surface area contributed by atoms with Gasteiger partial charge in [-0.05, 0) is 60.3 Å².